The van der Waals surface area contributed by atoms with E-state index in [-0.39, 0.29) is 17.9 Å². The SMILES string of the molecule is CCOC(=O)c1c(C)[nH]c(C(=O)C(=O)Nc2ccccc2OC)c1-c1ccccc1. The van der Waals surface area contributed by atoms with Gasteiger partial charge in [-0.2, -0.15) is 0 Å². The smallest absolute Gasteiger partial charge is 0.340 e. The quantitative estimate of drug-likeness (QED) is 0.351. The molecule has 0 aliphatic rings. The van der Waals surface area contributed by atoms with Gasteiger partial charge in [0.2, 0.25) is 0 Å². The number of benzene rings is 2. The minimum absolute atomic E-state index is 0.0224. The predicted octanol–water partition coefficient (Wildman–Crippen LogP) is 4.00. The van der Waals surface area contributed by atoms with Crippen LogP contribution in [-0.2, 0) is 9.53 Å². The number of rotatable bonds is 7. The van der Waals surface area contributed by atoms with E-state index in [1.54, 1.807) is 62.4 Å². The molecule has 0 spiro atoms. The third kappa shape index (κ3) is 4.10. The Bertz CT molecular complexity index is 1090. The molecule has 3 aromatic rings. The van der Waals surface area contributed by atoms with E-state index in [1.807, 2.05) is 6.07 Å². The highest BCUT2D eigenvalue weighted by Gasteiger charge is 2.30. The van der Waals surface area contributed by atoms with Gasteiger partial charge in [0.05, 0.1) is 25.0 Å². The maximum Gasteiger partial charge on any atom is 0.340 e. The largest absolute Gasteiger partial charge is 0.495 e. The number of aromatic nitrogens is 1. The lowest BCUT2D eigenvalue weighted by molar-refractivity contribution is -0.112. The van der Waals surface area contributed by atoms with E-state index in [4.69, 9.17) is 9.47 Å². The number of ketones is 1. The Morgan fingerprint density at radius 3 is 2.33 bits per heavy atom. The summed E-state index contributed by atoms with van der Waals surface area (Å²) >= 11 is 0. The summed E-state index contributed by atoms with van der Waals surface area (Å²) in [7, 11) is 1.47. The fourth-order valence-corrected chi connectivity index (χ4v) is 3.19. The van der Waals surface area contributed by atoms with Gasteiger partial charge in [0.25, 0.3) is 11.7 Å². The summed E-state index contributed by atoms with van der Waals surface area (Å²) in [4.78, 5) is 41.3. The van der Waals surface area contributed by atoms with Crippen molar-refractivity contribution in [3.8, 4) is 16.9 Å². The number of methoxy groups -OCH3 is 1. The van der Waals surface area contributed by atoms with Gasteiger partial charge in [-0.25, -0.2) is 4.79 Å². The topological polar surface area (TPSA) is 97.5 Å². The highest BCUT2D eigenvalue weighted by molar-refractivity contribution is 6.47. The van der Waals surface area contributed by atoms with Crippen molar-refractivity contribution in [3.63, 3.8) is 0 Å². The number of hydrogen-bond acceptors (Lipinski definition) is 5. The van der Waals surface area contributed by atoms with Crippen LogP contribution in [-0.4, -0.2) is 36.4 Å². The van der Waals surface area contributed by atoms with Crippen LogP contribution in [0.5, 0.6) is 5.75 Å². The zero-order chi connectivity index (χ0) is 21.7. The average Bonchev–Trinajstić information content (AvgIpc) is 3.11. The number of carbonyl (C=O) groups is 3. The number of carbonyl (C=O) groups excluding carboxylic acids is 3. The molecule has 0 saturated carbocycles. The Morgan fingerprint density at radius 1 is 1.00 bits per heavy atom. The molecule has 0 saturated heterocycles. The van der Waals surface area contributed by atoms with Crippen molar-refractivity contribution < 1.29 is 23.9 Å². The molecule has 7 heteroatoms. The second kappa shape index (κ2) is 9.09. The molecule has 3 rings (SSSR count). The minimum atomic E-state index is -0.853. The summed E-state index contributed by atoms with van der Waals surface area (Å²) in [6, 6.07) is 15.7. The maximum atomic E-state index is 13.1. The monoisotopic (exact) mass is 406 g/mol. The molecule has 0 bridgehead atoms. The summed E-state index contributed by atoms with van der Waals surface area (Å²) in [5.74, 6) is -1.79. The van der Waals surface area contributed by atoms with Gasteiger partial charge in [-0.3, -0.25) is 9.59 Å². The first-order chi connectivity index (χ1) is 14.5. The van der Waals surface area contributed by atoms with E-state index in [9.17, 15) is 14.4 Å². The van der Waals surface area contributed by atoms with Crippen LogP contribution >= 0.6 is 0 Å². The predicted molar refractivity (Wildman–Crippen MR) is 113 cm³/mol. The number of esters is 1. The number of H-pyrrole nitrogens is 1. The van der Waals surface area contributed by atoms with Gasteiger partial charge >= 0.3 is 5.97 Å². The molecule has 0 radical (unpaired) electrons. The second-order valence-corrected chi connectivity index (χ2v) is 6.45. The minimum Gasteiger partial charge on any atom is -0.495 e. The molecule has 30 heavy (non-hydrogen) atoms. The zero-order valence-corrected chi connectivity index (χ0v) is 16.9. The number of anilines is 1. The van der Waals surface area contributed by atoms with Crippen LogP contribution in [0.25, 0.3) is 11.1 Å². The van der Waals surface area contributed by atoms with E-state index in [1.165, 1.54) is 7.11 Å². The zero-order valence-electron chi connectivity index (χ0n) is 16.9. The van der Waals surface area contributed by atoms with Crippen molar-refractivity contribution in [1.82, 2.24) is 4.98 Å². The van der Waals surface area contributed by atoms with Crippen molar-refractivity contribution in [2.45, 2.75) is 13.8 Å². The summed E-state index contributed by atoms with van der Waals surface area (Å²) in [5.41, 5.74) is 2.03. The number of ether oxygens (including phenoxy) is 2. The highest BCUT2D eigenvalue weighted by Crippen LogP contribution is 2.32. The molecule has 0 atom stereocenters. The van der Waals surface area contributed by atoms with E-state index >= 15 is 0 Å². The van der Waals surface area contributed by atoms with Crippen molar-refractivity contribution in [2.24, 2.45) is 0 Å². The lowest BCUT2D eigenvalue weighted by atomic mass is 9.98. The number of nitrogens with one attached hydrogen (secondary N) is 2. The van der Waals surface area contributed by atoms with Crippen LogP contribution in [0.3, 0.4) is 0 Å². The van der Waals surface area contributed by atoms with Gasteiger partial charge in [-0.15, -0.1) is 0 Å². The highest BCUT2D eigenvalue weighted by atomic mass is 16.5. The number of aryl methyl sites for hydroxylation is 1. The third-order valence-electron chi connectivity index (χ3n) is 4.52. The van der Waals surface area contributed by atoms with E-state index in [0.29, 0.717) is 28.3 Å². The van der Waals surface area contributed by atoms with E-state index in [2.05, 4.69) is 10.3 Å². The lowest BCUT2D eigenvalue weighted by Gasteiger charge is -2.10. The Kier molecular flexibility index (Phi) is 6.32. The van der Waals surface area contributed by atoms with Crippen LogP contribution in [0.2, 0.25) is 0 Å². The molecule has 2 N–H and O–H groups in total. The molecule has 0 unspecified atom stereocenters. The van der Waals surface area contributed by atoms with Crippen LogP contribution in [0.15, 0.2) is 54.6 Å². The van der Waals surface area contributed by atoms with Gasteiger partial charge < -0.3 is 19.8 Å². The molecular formula is C23H22N2O5. The normalized spacial score (nSPS) is 10.4. The number of para-hydroxylation sites is 2. The Hall–Kier alpha value is -3.87. The standard InChI is InChI=1S/C23H22N2O5/c1-4-30-23(28)18-14(2)24-20(19(18)15-10-6-5-7-11-15)21(26)22(27)25-16-12-8-9-13-17(16)29-3/h5-13,24H,4H2,1-3H3,(H,25,27). The van der Waals surface area contributed by atoms with Gasteiger partial charge in [-0.1, -0.05) is 42.5 Å². The molecule has 0 aliphatic carbocycles. The number of hydrogen-bond donors (Lipinski definition) is 2. The lowest BCUT2D eigenvalue weighted by Crippen LogP contribution is -2.24. The van der Waals surface area contributed by atoms with Crippen molar-refractivity contribution in [3.05, 3.63) is 71.5 Å². The second-order valence-electron chi connectivity index (χ2n) is 6.45. The number of Topliss-reactive ketones (excluding diaryl/α,β-unsaturated/α-hetero) is 1. The van der Waals surface area contributed by atoms with Crippen LogP contribution < -0.4 is 10.1 Å². The maximum absolute atomic E-state index is 13.1. The van der Waals surface area contributed by atoms with Crippen LogP contribution in [0.1, 0.15) is 33.5 Å². The molecule has 1 heterocycles. The Labute approximate surface area is 174 Å². The van der Waals surface area contributed by atoms with E-state index in [0.717, 1.165) is 0 Å². The fraction of sp³-hybridized carbons (Fsp3) is 0.174. The van der Waals surface area contributed by atoms with Gasteiger partial charge in [-0.05, 0) is 31.5 Å². The first-order valence-corrected chi connectivity index (χ1v) is 9.41. The summed E-state index contributed by atoms with van der Waals surface area (Å²) in [6.45, 7) is 3.55. The van der Waals surface area contributed by atoms with Crippen molar-refractivity contribution in [1.29, 1.82) is 0 Å². The fourth-order valence-electron chi connectivity index (χ4n) is 3.19. The van der Waals surface area contributed by atoms with Crippen molar-refractivity contribution >= 4 is 23.3 Å². The molecular weight excluding hydrogens is 384 g/mol. The molecule has 0 aliphatic heterocycles. The van der Waals surface area contributed by atoms with Crippen molar-refractivity contribution in [2.75, 3.05) is 19.0 Å². The van der Waals surface area contributed by atoms with Gasteiger partial charge in [0.1, 0.15) is 11.4 Å². The Balaban J connectivity index is 2.04. The van der Waals surface area contributed by atoms with Crippen LogP contribution in [0.4, 0.5) is 5.69 Å². The molecule has 154 valence electrons. The summed E-state index contributed by atoms with van der Waals surface area (Å²) in [6.07, 6.45) is 0. The Morgan fingerprint density at radius 2 is 1.67 bits per heavy atom. The molecule has 1 aromatic heterocycles. The molecule has 7 nitrogen and oxygen atoms in total. The van der Waals surface area contributed by atoms with E-state index < -0.39 is 17.7 Å². The summed E-state index contributed by atoms with van der Waals surface area (Å²) in [5, 5.41) is 2.57. The number of aromatic amines is 1. The summed E-state index contributed by atoms with van der Waals surface area (Å²) < 4.78 is 10.4. The number of amides is 1. The van der Waals surface area contributed by atoms with Gasteiger partial charge in [0.15, 0.2) is 0 Å². The first-order valence-electron chi connectivity index (χ1n) is 9.41. The molecule has 1 amide bonds. The van der Waals surface area contributed by atoms with Crippen LogP contribution in [0, 0.1) is 6.92 Å². The molecule has 0 fully saturated rings. The van der Waals surface area contributed by atoms with Gasteiger partial charge in [0, 0.05) is 11.3 Å². The molecule has 2 aromatic carbocycles. The average molecular weight is 406 g/mol. The first kappa shape index (κ1) is 20.9. The third-order valence-corrected chi connectivity index (χ3v) is 4.52.